The van der Waals surface area contributed by atoms with Gasteiger partial charge in [-0.2, -0.15) is 16.8 Å². The fraction of sp³-hybridized carbons (Fsp3) is 0.333. The molecule has 3 rings (SSSR count). The number of aryl methyl sites for hydroxylation is 3. The van der Waals surface area contributed by atoms with Crippen molar-refractivity contribution >= 4 is 51.0 Å². The highest BCUT2D eigenvalue weighted by Gasteiger charge is 2.10. The lowest BCUT2D eigenvalue weighted by molar-refractivity contribution is -0.117. The molecule has 0 fully saturated rings. The molecule has 0 spiro atoms. The molecular formula is C21H24N2OS3. The quantitative estimate of drug-likeness (QED) is 0.491. The number of thiazole rings is 1. The van der Waals surface area contributed by atoms with Crippen molar-refractivity contribution in [1.82, 2.24) is 4.57 Å². The molecule has 1 amide bonds. The molecule has 0 aliphatic carbocycles. The Morgan fingerprint density at radius 3 is 2.67 bits per heavy atom. The van der Waals surface area contributed by atoms with Crippen LogP contribution in [0.2, 0.25) is 0 Å². The summed E-state index contributed by atoms with van der Waals surface area (Å²) in [6, 6.07) is 14.6. The van der Waals surface area contributed by atoms with Crippen LogP contribution in [-0.4, -0.2) is 28.2 Å². The van der Waals surface area contributed by atoms with Crippen molar-refractivity contribution in [3.8, 4) is 0 Å². The van der Waals surface area contributed by atoms with Crippen LogP contribution in [-0.2, 0) is 11.3 Å². The van der Waals surface area contributed by atoms with Gasteiger partial charge in [0.2, 0.25) is 5.91 Å². The Hall–Kier alpha value is -1.50. The number of thioether (sulfide) groups is 2. The third-order valence-corrected chi connectivity index (χ3v) is 7.02. The highest BCUT2D eigenvalue weighted by Crippen LogP contribution is 2.24. The van der Waals surface area contributed by atoms with Crippen molar-refractivity contribution in [2.45, 2.75) is 31.7 Å². The topological polar surface area (TPSA) is 34.4 Å². The predicted octanol–water partition coefficient (Wildman–Crippen LogP) is 5.29. The van der Waals surface area contributed by atoms with Gasteiger partial charge in [0.1, 0.15) is 0 Å². The number of carbonyl (C=O) groups is 1. The minimum Gasteiger partial charge on any atom is -0.315 e. The average Bonchev–Trinajstić information content (AvgIpc) is 2.98. The first-order chi connectivity index (χ1) is 13.1. The molecule has 0 bridgehead atoms. The molecule has 0 aliphatic heterocycles. The van der Waals surface area contributed by atoms with E-state index >= 15 is 0 Å². The van der Waals surface area contributed by atoms with Gasteiger partial charge in [-0.15, -0.1) is 11.8 Å². The second-order valence-electron chi connectivity index (χ2n) is 6.38. The van der Waals surface area contributed by atoms with Gasteiger partial charge in [0.05, 0.1) is 10.2 Å². The molecule has 0 unspecified atom stereocenters. The zero-order valence-electron chi connectivity index (χ0n) is 15.9. The van der Waals surface area contributed by atoms with Gasteiger partial charge < -0.3 is 4.57 Å². The summed E-state index contributed by atoms with van der Waals surface area (Å²) in [5.74, 6) is 1.71. The summed E-state index contributed by atoms with van der Waals surface area (Å²) in [6.45, 7) is 5.12. The molecule has 0 atom stereocenters. The Morgan fingerprint density at radius 1 is 1.15 bits per heavy atom. The molecule has 0 N–H and O–H groups in total. The molecular weight excluding hydrogens is 392 g/mol. The molecule has 0 aliphatic rings. The smallest absolute Gasteiger partial charge is 0.249 e. The SMILES string of the molecule is CSCCn1c(=NC(=O)CCSc2ccccc2)sc2c(C)cc(C)cc21. The van der Waals surface area contributed by atoms with Gasteiger partial charge in [-0.05, 0) is 49.4 Å². The van der Waals surface area contributed by atoms with Crippen LogP contribution in [0.4, 0.5) is 0 Å². The molecule has 2 aromatic carbocycles. The maximum atomic E-state index is 12.5. The van der Waals surface area contributed by atoms with Gasteiger partial charge in [0.25, 0.3) is 0 Å². The fourth-order valence-corrected chi connectivity index (χ4v) is 5.28. The molecule has 0 saturated carbocycles. The second-order valence-corrected chi connectivity index (χ2v) is 9.51. The third-order valence-electron chi connectivity index (χ3n) is 4.18. The highest BCUT2D eigenvalue weighted by atomic mass is 32.2. The second kappa shape index (κ2) is 9.62. The normalized spacial score (nSPS) is 12.0. The summed E-state index contributed by atoms with van der Waals surface area (Å²) < 4.78 is 3.44. The van der Waals surface area contributed by atoms with Gasteiger partial charge in [0, 0.05) is 29.4 Å². The lowest BCUT2D eigenvalue weighted by Gasteiger charge is -2.05. The van der Waals surface area contributed by atoms with Crippen molar-refractivity contribution in [2.75, 3.05) is 17.8 Å². The van der Waals surface area contributed by atoms with Gasteiger partial charge in [-0.1, -0.05) is 35.6 Å². The number of amides is 1. The van der Waals surface area contributed by atoms with E-state index in [0.29, 0.717) is 6.42 Å². The van der Waals surface area contributed by atoms with Crippen LogP contribution < -0.4 is 4.80 Å². The van der Waals surface area contributed by atoms with Crippen molar-refractivity contribution in [1.29, 1.82) is 0 Å². The van der Waals surface area contributed by atoms with Crippen LogP contribution in [0.3, 0.4) is 0 Å². The summed E-state index contributed by atoms with van der Waals surface area (Å²) in [5.41, 5.74) is 3.69. The molecule has 3 nitrogen and oxygen atoms in total. The number of fused-ring (bicyclic) bond motifs is 1. The third kappa shape index (κ3) is 5.27. The standard InChI is InChI=1S/C21H24N2OS3/c1-15-13-16(2)20-18(14-15)23(10-12-25-3)21(27-20)22-19(24)9-11-26-17-7-5-4-6-8-17/h4-8,13-14H,9-12H2,1-3H3. The van der Waals surface area contributed by atoms with E-state index in [1.807, 2.05) is 30.0 Å². The zero-order valence-corrected chi connectivity index (χ0v) is 18.3. The molecule has 6 heteroatoms. The van der Waals surface area contributed by atoms with E-state index in [9.17, 15) is 4.79 Å². The van der Waals surface area contributed by atoms with E-state index in [-0.39, 0.29) is 5.91 Å². The minimum absolute atomic E-state index is 0.0442. The monoisotopic (exact) mass is 416 g/mol. The van der Waals surface area contributed by atoms with Crippen LogP contribution in [0.15, 0.2) is 52.4 Å². The number of rotatable bonds is 7. The molecule has 0 saturated heterocycles. The molecule has 27 heavy (non-hydrogen) atoms. The van der Waals surface area contributed by atoms with Gasteiger partial charge in [0.15, 0.2) is 4.80 Å². The van der Waals surface area contributed by atoms with E-state index < -0.39 is 0 Å². The fourth-order valence-electron chi connectivity index (χ4n) is 2.93. The van der Waals surface area contributed by atoms with Crippen molar-refractivity contribution in [3.05, 3.63) is 58.4 Å². The first kappa shape index (κ1) is 20.2. The number of nitrogens with zero attached hydrogens (tertiary/aromatic N) is 2. The van der Waals surface area contributed by atoms with Gasteiger partial charge in [-0.3, -0.25) is 4.79 Å². The van der Waals surface area contributed by atoms with E-state index in [4.69, 9.17) is 0 Å². The first-order valence-electron chi connectivity index (χ1n) is 8.93. The maximum absolute atomic E-state index is 12.5. The van der Waals surface area contributed by atoms with Crippen LogP contribution >= 0.6 is 34.9 Å². The summed E-state index contributed by atoms with van der Waals surface area (Å²) in [7, 11) is 0. The lowest BCUT2D eigenvalue weighted by Crippen LogP contribution is -2.18. The van der Waals surface area contributed by atoms with Gasteiger partial charge >= 0.3 is 0 Å². The van der Waals surface area contributed by atoms with Crippen molar-refractivity contribution in [3.63, 3.8) is 0 Å². The summed E-state index contributed by atoms with van der Waals surface area (Å²) in [4.78, 5) is 18.9. The number of benzene rings is 2. The average molecular weight is 417 g/mol. The van der Waals surface area contributed by atoms with Crippen LogP contribution in [0.1, 0.15) is 17.5 Å². The number of hydrogen-bond acceptors (Lipinski definition) is 4. The number of hydrogen-bond donors (Lipinski definition) is 0. The first-order valence-corrected chi connectivity index (χ1v) is 12.1. The van der Waals surface area contributed by atoms with E-state index in [2.05, 4.69) is 53.9 Å². The zero-order chi connectivity index (χ0) is 19.2. The Bertz CT molecular complexity index is 990. The van der Waals surface area contributed by atoms with E-state index in [1.165, 1.54) is 26.2 Å². The van der Waals surface area contributed by atoms with Crippen molar-refractivity contribution in [2.24, 2.45) is 4.99 Å². The highest BCUT2D eigenvalue weighted by molar-refractivity contribution is 7.99. The summed E-state index contributed by atoms with van der Waals surface area (Å²) in [6.07, 6.45) is 2.56. The number of carbonyl (C=O) groups excluding carboxylic acids is 1. The van der Waals surface area contributed by atoms with Crippen LogP contribution in [0.25, 0.3) is 10.2 Å². The molecule has 1 aromatic heterocycles. The number of aromatic nitrogens is 1. The lowest BCUT2D eigenvalue weighted by atomic mass is 10.1. The van der Waals surface area contributed by atoms with Crippen LogP contribution in [0, 0.1) is 13.8 Å². The largest absolute Gasteiger partial charge is 0.315 e. The molecule has 1 heterocycles. The molecule has 0 radical (unpaired) electrons. The molecule has 142 valence electrons. The van der Waals surface area contributed by atoms with E-state index in [0.717, 1.165) is 22.9 Å². The van der Waals surface area contributed by atoms with E-state index in [1.54, 1.807) is 23.1 Å². The molecule has 3 aromatic rings. The Balaban J connectivity index is 1.83. The summed E-state index contributed by atoms with van der Waals surface area (Å²) >= 11 is 5.14. The Kier molecular flexibility index (Phi) is 7.21. The predicted molar refractivity (Wildman–Crippen MR) is 120 cm³/mol. The summed E-state index contributed by atoms with van der Waals surface area (Å²) in [5, 5.41) is 0. The Labute approximate surface area is 172 Å². The Morgan fingerprint density at radius 2 is 1.93 bits per heavy atom. The maximum Gasteiger partial charge on any atom is 0.249 e. The van der Waals surface area contributed by atoms with Gasteiger partial charge in [-0.25, -0.2) is 0 Å². The van der Waals surface area contributed by atoms with Crippen molar-refractivity contribution < 1.29 is 4.79 Å². The minimum atomic E-state index is -0.0442. The van der Waals surface area contributed by atoms with Crippen LogP contribution in [0.5, 0.6) is 0 Å².